The van der Waals surface area contributed by atoms with Crippen LogP contribution in [0.1, 0.15) is 0 Å². The second kappa shape index (κ2) is 5.81. The molecular weight excluding hydrogens is 277 g/mol. The minimum absolute atomic E-state index is 0.0524. The molecule has 0 saturated heterocycles. The van der Waals surface area contributed by atoms with Crippen LogP contribution in [0.3, 0.4) is 0 Å². The van der Waals surface area contributed by atoms with Crippen molar-refractivity contribution in [3.63, 3.8) is 0 Å². The Bertz CT molecular complexity index is 434. The van der Waals surface area contributed by atoms with Crippen LogP contribution in [0.15, 0.2) is 18.2 Å². The van der Waals surface area contributed by atoms with E-state index in [9.17, 15) is 18.0 Å². The summed E-state index contributed by atoms with van der Waals surface area (Å²) < 4.78 is 48.7. The third-order valence-electron chi connectivity index (χ3n) is 1.71. The maximum Gasteiger partial charge on any atom is 0.573 e. The molecule has 0 saturated carbocycles. The number of carbonyl (C=O) groups is 1. The number of ether oxygens (including phenoxy) is 3. The van der Waals surface area contributed by atoms with E-state index >= 15 is 0 Å². The first-order valence-corrected chi connectivity index (χ1v) is 4.94. The van der Waals surface area contributed by atoms with Crippen molar-refractivity contribution >= 4 is 17.6 Å². The zero-order valence-electron chi connectivity index (χ0n) is 9.08. The molecule has 100 valence electrons. The first kappa shape index (κ1) is 14.4. The van der Waals surface area contributed by atoms with Gasteiger partial charge in [-0.2, -0.15) is 0 Å². The number of alkyl halides is 3. The van der Waals surface area contributed by atoms with E-state index in [4.69, 9.17) is 16.3 Å². The Morgan fingerprint density at radius 1 is 1.39 bits per heavy atom. The molecule has 0 unspecified atom stereocenters. The van der Waals surface area contributed by atoms with Gasteiger partial charge in [-0.3, -0.25) is 0 Å². The Morgan fingerprint density at radius 2 is 2.06 bits per heavy atom. The van der Waals surface area contributed by atoms with E-state index in [2.05, 4.69) is 9.47 Å². The van der Waals surface area contributed by atoms with Gasteiger partial charge < -0.3 is 14.2 Å². The van der Waals surface area contributed by atoms with Crippen molar-refractivity contribution in [3.8, 4) is 11.5 Å². The Balaban J connectivity index is 2.71. The molecule has 4 nitrogen and oxygen atoms in total. The van der Waals surface area contributed by atoms with Crippen molar-refractivity contribution in [1.82, 2.24) is 0 Å². The fourth-order valence-corrected chi connectivity index (χ4v) is 1.22. The first-order valence-electron chi connectivity index (χ1n) is 4.57. The lowest BCUT2D eigenvalue weighted by Crippen LogP contribution is -2.17. The molecule has 1 aromatic carbocycles. The highest BCUT2D eigenvalue weighted by Crippen LogP contribution is 2.31. The van der Waals surface area contributed by atoms with Crippen molar-refractivity contribution in [2.45, 2.75) is 6.36 Å². The molecule has 8 heteroatoms. The lowest BCUT2D eigenvalue weighted by Gasteiger charge is -2.11. The molecule has 0 radical (unpaired) electrons. The van der Waals surface area contributed by atoms with E-state index in [-0.39, 0.29) is 10.8 Å². The van der Waals surface area contributed by atoms with Gasteiger partial charge in [0.05, 0.1) is 12.1 Å². The van der Waals surface area contributed by atoms with Crippen LogP contribution in [-0.2, 0) is 9.53 Å². The number of benzene rings is 1. The van der Waals surface area contributed by atoms with E-state index in [1.54, 1.807) is 0 Å². The number of halogens is 4. The smallest absolute Gasteiger partial charge is 0.480 e. The van der Waals surface area contributed by atoms with Crippen LogP contribution in [0, 0.1) is 0 Å². The van der Waals surface area contributed by atoms with E-state index in [0.717, 1.165) is 18.2 Å². The fourth-order valence-electron chi connectivity index (χ4n) is 0.991. The zero-order chi connectivity index (χ0) is 13.8. The molecule has 0 bridgehead atoms. The summed E-state index contributed by atoms with van der Waals surface area (Å²) in [4.78, 5) is 10.8. The fraction of sp³-hybridized carbons (Fsp3) is 0.300. The van der Waals surface area contributed by atoms with Crippen LogP contribution in [0.4, 0.5) is 13.2 Å². The summed E-state index contributed by atoms with van der Waals surface area (Å²) in [6.45, 7) is -0.393. The molecule has 0 aliphatic carbocycles. The molecule has 18 heavy (non-hydrogen) atoms. The molecule has 0 amide bonds. The average molecular weight is 285 g/mol. The Hall–Kier alpha value is -1.63. The topological polar surface area (TPSA) is 44.8 Å². The summed E-state index contributed by atoms with van der Waals surface area (Å²) >= 11 is 5.66. The maximum atomic E-state index is 11.9. The molecular formula is C10H8ClF3O4. The van der Waals surface area contributed by atoms with Crippen molar-refractivity contribution in [3.05, 3.63) is 23.2 Å². The molecule has 0 heterocycles. The van der Waals surface area contributed by atoms with E-state index < -0.39 is 24.7 Å². The van der Waals surface area contributed by atoms with Gasteiger partial charge in [-0.1, -0.05) is 11.6 Å². The maximum absolute atomic E-state index is 11.9. The van der Waals surface area contributed by atoms with Crippen molar-refractivity contribution in [2.75, 3.05) is 13.7 Å². The summed E-state index contributed by atoms with van der Waals surface area (Å²) in [5.74, 6) is -1.06. The quantitative estimate of drug-likeness (QED) is 0.798. The number of hydrogen-bond donors (Lipinski definition) is 0. The van der Waals surface area contributed by atoms with Crippen LogP contribution in [0.25, 0.3) is 0 Å². The normalized spacial score (nSPS) is 10.9. The number of methoxy groups -OCH3 is 1. The Morgan fingerprint density at radius 3 is 2.56 bits per heavy atom. The number of esters is 1. The third kappa shape index (κ3) is 4.70. The van der Waals surface area contributed by atoms with Gasteiger partial charge in [0.2, 0.25) is 0 Å². The number of hydrogen-bond acceptors (Lipinski definition) is 4. The van der Waals surface area contributed by atoms with E-state index in [0.29, 0.717) is 0 Å². The van der Waals surface area contributed by atoms with Gasteiger partial charge >= 0.3 is 12.3 Å². The molecule has 0 aromatic heterocycles. The minimum atomic E-state index is -4.79. The van der Waals surface area contributed by atoms with Crippen molar-refractivity contribution in [2.24, 2.45) is 0 Å². The van der Waals surface area contributed by atoms with Crippen molar-refractivity contribution in [1.29, 1.82) is 0 Å². The highest BCUT2D eigenvalue weighted by atomic mass is 35.5. The predicted octanol–water partition coefficient (Wildman–Crippen LogP) is 2.79. The Kier molecular flexibility index (Phi) is 4.66. The van der Waals surface area contributed by atoms with Crippen LogP contribution >= 0.6 is 11.6 Å². The lowest BCUT2D eigenvalue weighted by molar-refractivity contribution is -0.274. The summed E-state index contributed by atoms with van der Waals surface area (Å²) in [5.41, 5.74) is 0. The first-order chi connectivity index (χ1) is 8.31. The van der Waals surface area contributed by atoms with Crippen LogP contribution in [-0.4, -0.2) is 26.0 Å². The molecule has 0 aliphatic heterocycles. The second-order valence-corrected chi connectivity index (χ2v) is 3.41. The van der Waals surface area contributed by atoms with Crippen LogP contribution in [0.2, 0.25) is 5.02 Å². The van der Waals surface area contributed by atoms with Gasteiger partial charge in [0.15, 0.2) is 6.61 Å². The van der Waals surface area contributed by atoms with E-state index in [1.165, 1.54) is 7.11 Å². The summed E-state index contributed by atoms with van der Waals surface area (Å²) in [6.07, 6.45) is -4.79. The summed E-state index contributed by atoms with van der Waals surface area (Å²) in [7, 11) is 1.17. The molecule has 0 N–H and O–H groups in total. The summed E-state index contributed by atoms with van der Waals surface area (Å²) in [5, 5.41) is -0.111. The highest BCUT2D eigenvalue weighted by molar-refractivity contribution is 6.32. The van der Waals surface area contributed by atoms with Gasteiger partial charge in [0.25, 0.3) is 0 Å². The number of rotatable bonds is 4. The average Bonchev–Trinajstić information content (AvgIpc) is 2.25. The van der Waals surface area contributed by atoms with Gasteiger partial charge in [0, 0.05) is 6.07 Å². The van der Waals surface area contributed by atoms with E-state index in [1.807, 2.05) is 0 Å². The zero-order valence-corrected chi connectivity index (χ0v) is 9.84. The van der Waals surface area contributed by atoms with Gasteiger partial charge in [-0.05, 0) is 12.1 Å². The second-order valence-electron chi connectivity index (χ2n) is 3.00. The standard InChI is InChI=1S/C10H8ClF3O4/c1-16-9(15)5-17-8-3-2-6(4-7(8)11)18-10(12,13)14/h2-4H,5H2,1H3. The largest absolute Gasteiger partial charge is 0.573 e. The molecule has 0 atom stereocenters. The van der Waals surface area contributed by atoms with Gasteiger partial charge in [-0.25, -0.2) is 4.79 Å². The molecule has 0 aliphatic rings. The molecule has 1 rings (SSSR count). The van der Waals surface area contributed by atoms with Crippen LogP contribution < -0.4 is 9.47 Å². The van der Waals surface area contributed by atoms with Gasteiger partial charge in [-0.15, -0.1) is 13.2 Å². The minimum Gasteiger partial charge on any atom is -0.480 e. The lowest BCUT2D eigenvalue weighted by atomic mass is 10.3. The monoisotopic (exact) mass is 284 g/mol. The van der Waals surface area contributed by atoms with Gasteiger partial charge in [0.1, 0.15) is 11.5 Å². The van der Waals surface area contributed by atoms with Crippen molar-refractivity contribution < 1.29 is 32.2 Å². The molecule has 1 aromatic rings. The Labute approximate surface area is 105 Å². The molecule has 0 spiro atoms. The third-order valence-corrected chi connectivity index (χ3v) is 2.01. The SMILES string of the molecule is COC(=O)COc1ccc(OC(F)(F)F)cc1Cl. The van der Waals surface area contributed by atoms with Crippen LogP contribution in [0.5, 0.6) is 11.5 Å². The highest BCUT2D eigenvalue weighted by Gasteiger charge is 2.31. The molecule has 0 fully saturated rings. The summed E-state index contributed by atoms with van der Waals surface area (Å²) in [6, 6.07) is 3.11. The number of carbonyl (C=O) groups excluding carboxylic acids is 1. The predicted molar refractivity (Wildman–Crippen MR) is 55.6 cm³/mol.